The molecule has 0 atom stereocenters. The number of rotatable bonds is 2. The Kier molecular flexibility index (Phi) is 3.72. The Balaban J connectivity index is 2.26. The number of aromatic nitrogens is 1. The normalized spacial score (nSPS) is 12.3. The topological polar surface area (TPSA) is 74.7 Å². The molecule has 0 fully saturated rings. The SMILES string of the molecule is Cc1ccc(S(=O)(=O)/N=c2/ccc(C#N)c3ccccn23)cc1. The molecule has 0 aliphatic heterocycles. The monoisotopic (exact) mass is 323 g/mol. The first-order valence-electron chi connectivity index (χ1n) is 6.89. The van der Waals surface area contributed by atoms with E-state index in [1.54, 1.807) is 47.0 Å². The predicted octanol–water partition coefficient (Wildman–Crippen LogP) is 2.41. The average Bonchev–Trinajstić information content (AvgIpc) is 2.55. The summed E-state index contributed by atoms with van der Waals surface area (Å²) < 4.78 is 30.4. The highest BCUT2D eigenvalue weighted by molar-refractivity contribution is 7.90. The molecule has 3 rings (SSSR count). The lowest BCUT2D eigenvalue weighted by Crippen LogP contribution is -2.17. The van der Waals surface area contributed by atoms with Crippen molar-refractivity contribution in [2.75, 3.05) is 0 Å². The van der Waals surface area contributed by atoms with Crippen molar-refractivity contribution in [3.05, 3.63) is 77.4 Å². The van der Waals surface area contributed by atoms with Crippen LogP contribution in [0.2, 0.25) is 0 Å². The highest BCUT2D eigenvalue weighted by Crippen LogP contribution is 2.13. The van der Waals surface area contributed by atoms with Crippen molar-refractivity contribution in [2.24, 2.45) is 4.40 Å². The van der Waals surface area contributed by atoms with Crippen molar-refractivity contribution in [3.8, 4) is 6.07 Å². The van der Waals surface area contributed by atoms with Gasteiger partial charge in [-0.25, -0.2) is 0 Å². The molecule has 3 aromatic rings. The summed E-state index contributed by atoms with van der Waals surface area (Å²) in [7, 11) is -3.82. The quantitative estimate of drug-likeness (QED) is 0.727. The second-order valence-electron chi connectivity index (χ2n) is 5.05. The van der Waals surface area contributed by atoms with Gasteiger partial charge in [-0.05, 0) is 43.3 Å². The van der Waals surface area contributed by atoms with E-state index in [2.05, 4.69) is 10.5 Å². The Labute approximate surface area is 133 Å². The molecule has 2 heterocycles. The Morgan fingerprint density at radius 2 is 1.78 bits per heavy atom. The predicted molar refractivity (Wildman–Crippen MR) is 86.0 cm³/mol. The van der Waals surface area contributed by atoms with E-state index in [0.717, 1.165) is 5.56 Å². The zero-order valence-electron chi connectivity index (χ0n) is 12.3. The van der Waals surface area contributed by atoms with Crippen molar-refractivity contribution in [3.63, 3.8) is 0 Å². The molecular weight excluding hydrogens is 310 g/mol. The number of benzene rings is 1. The van der Waals surface area contributed by atoms with Gasteiger partial charge in [-0.1, -0.05) is 23.8 Å². The smallest absolute Gasteiger partial charge is 0.284 e. The van der Waals surface area contributed by atoms with Crippen molar-refractivity contribution in [1.82, 2.24) is 4.40 Å². The van der Waals surface area contributed by atoms with Gasteiger partial charge in [0.15, 0.2) is 5.49 Å². The number of nitriles is 1. The summed E-state index contributed by atoms with van der Waals surface area (Å²) in [6, 6.07) is 17.0. The van der Waals surface area contributed by atoms with Gasteiger partial charge in [0.2, 0.25) is 0 Å². The largest absolute Gasteiger partial charge is 0.300 e. The van der Waals surface area contributed by atoms with E-state index in [9.17, 15) is 8.42 Å². The van der Waals surface area contributed by atoms with Crippen LogP contribution in [0.3, 0.4) is 0 Å². The van der Waals surface area contributed by atoms with Crippen LogP contribution >= 0.6 is 0 Å². The molecule has 1 aromatic carbocycles. The lowest BCUT2D eigenvalue weighted by atomic mass is 10.2. The molecule has 0 spiro atoms. The zero-order valence-corrected chi connectivity index (χ0v) is 13.2. The standard InChI is InChI=1S/C17H13N3O2S/c1-13-5-8-15(9-6-13)23(21,22)19-17-10-7-14(12-18)16-4-2-3-11-20(16)17/h2-11H,1H3/b19-17-. The molecule has 0 N–H and O–H groups in total. The third-order valence-electron chi connectivity index (χ3n) is 3.43. The van der Waals surface area contributed by atoms with E-state index in [1.165, 1.54) is 18.2 Å². The highest BCUT2D eigenvalue weighted by atomic mass is 32.2. The molecule has 0 radical (unpaired) electrons. The van der Waals surface area contributed by atoms with E-state index in [-0.39, 0.29) is 10.4 Å². The van der Waals surface area contributed by atoms with E-state index in [4.69, 9.17) is 5.26 Å². The minimum atomic E-state index is -3.82. The molecule has 114 valence electrons. The van der Waals surface area contributed by atoms with Crippen LogP contribution in [0.25, 0.3) is 5.52 Å². The Bertz CT molecular complexity index is 1090. The van der Waals surface area contributed by atoms with Gasteiger partial charge in [-0.2, -0.15) is 13.7 Å². The molecule has 5 nitrogen and oxygen atoms in total. The molecule has 0 bridgehead atoms. The van der Waals surface area contributed by atoms with Crippen molar-refractivity contribution in [2.45, 2.75) is 11.8 Å². The molecule has 2 aromatic heterocycles. The van der Waals surface area contributed by atoms with Crippen LogP contribution in [-0.4, -0.2) is 12.8 Å². The molecule has 0 amide bonds. The van der Waals surface area contributed by atoms with Crippen molar-refractivity contribution < 1.29 is 8.42 Å². The fraction of sp³-hybridized carbons (Fsp3) is 0.0588. The van der Waals surface area contributed by atoms with Crippen LogP contribution in [0.1, 0.15) is 11.1 Å². The summed E-state index contributed by atoms with van der Waals surface area (Å²) in [5.41, 5.74) is 2.29. The second kappa shape index (κ2) is 5.71. The number of hydrogen-bond donors (Lipinski definition) is 0. The fourth-order valence-electron chi connectivity index (χ4n) is 2.24. The molecule has 0 aliphatic rings. The average molecular weight is 323 g/mol. The van der Waals surface area contributed by atoms with Crippen molar-refractivity contribution in [1.29, 1.82) is 5.26 Å². The van der Waals surface area contributed by atoms with Crippen molar-refractivity contribution >= 4 is 15.5 Å². The number of nitrogens with zero attached hydrogens (tertiary/aromatic N) is 3. The lowest BCUT2D eigenvalue weighted by molar-refractivity contribution is 0.596. The maximum atomic E-state index is 12.5. The molecule has 23 heavy (non-hydrogen) atoms. The lowest BCUT2D eigenvalue weighted by Gasteiger charge is -2.04. The third-order valence-corrected chi connectivity index (χ3v) is 4.73. The number of pyridine rings is 2. The van der Waals surface area contributed by atoms with Crippen LogP contribution in [0.15, 0.2) is 70.1 Å². The Morgan fingerprint density at radius 3 is 2.48 bits per heavy atom. The summed E-state index contributed by atoms with van der Waals surface area (Å²) in [4.78, 5) is 0.136. The maximum Gasteiger partial charge on any atom is 0.284 e. The zero-order chi connectivity index (χ0) is 16.4. The third kappa shape index (κ3) is 2.87. The van der Waals surface area contributed by atoms with Gasteiger partial charge in [0.1, 0.15) is 6.07 Å². The summed E-state index contributed by atoms with van der Waals surface area (Å²) in [6.45, 7) is 1.89. The van der Waals surface area contributed by atoms with E-state index >= 15 is 0 Å². The first-order chi connectivity index (χ1) is 11.0. The number of aryl methyl sites for hydroxylation is 1. The van der Waals surface area contributed by atoms with Crippen LogP contribution in [0, 0.1) is 18.3 Å². The van der Waals surface area contributed by atoms with Gasteiger partial charge in [-0.3, -0.25) is 4.40 Å². The van der Waals surface area contributed by atoms with Gasteiger partial charge in [-0.15, -0.1) is 4.40 Å². The number of hydrogen-bond acceptors (Lipinski definition) is 3. The highest BCUT2D eigenvalue weighted by Gasteiger charge is 2.12. The fourth-order valence-corrected chi connectivity index (χ4v) is 3.22. The van der Waals surface area contributed by atoms with Gasteiger partial charge < -0.3 is 0 Å². The second-order valence-corrected chi connectivity index (χ2v) is 6.66. The molecule has 0 unspecified atom stereocenters. The van der Waals surface area contributed by atoms with Gasteiger partial charge in [0, 0.05) is 6.20 Å². The van der Waals surface area contributed by atoms with Gasteiger partial charge >= 0.3 is 0 Å². The van der Waals surface area contributed by atoms with Crippen LogP contribution in [0.5, 0.6) is 0 Å². The van der Waals surface area contributed by atoms with E-state index < -0.39 is 10.0 Å². The molecule has 6 heteroatoms. The molecule has 0 aliphatic carbocycles. The Hall–Kier alpha value is -2.91. The van der Waals surface area contributed by atoms with Gasteiger partial charge in [0.05, 0.1) is 16.0 Å². The minimum absolute atomic E-state index is 0.136. The first kappa shape index (κ1) is 15.0. The number of sulfonamides is 1. The van der Waals surface area contributed by atoms with E-state index in [1.807, 2.05) is 6.92 Å². The van der Waals surface area contributed by atoms with E-state index in [0.29, 0.717) is 11.1 Å². The van der Waals surface area contributed by atoms with Gasteiger partial charge in [0.25, 0.3) is 10.0 Å². The minimum Gasteiger partial charge on any atom is -0.300 e. The number of fused-ring (bicyclic) bond motifs is 1. The summed E-state index contributed by atoms with van der Waals surface area (Å²) in [5, 5.41) is 9.15. The molecule has 0 saturated heterocycles. The summed E-state index contributed by atoms with van der Waals surface area (Å²) >= 11 is 0. The summed E-state index contributed by atoms with van der Waals surface area (Å²) in [5.74, 6) is 0. The molecular formula is C17H13N3O2S. The van der Waals surface area contributed by atoms with Crippen LogP contribution < -0.4 is 5.49 Å². The van der Waals surface area contributed by atoms with Crippen LogP contribution in [0.4, 0.5) is 0 Å². The first-order valence-corrected chi connectivity index (χ1v) is 8.33. The van der Waals surface area contributed by atoms with Crippen LogP contribution in [-0.2, 0) is 10.0 Å². The Morgan fingerprint density at radius 1 is 1.04 bits per heavy atom. The maximum absolute atomic E-state index is 12.5. The summed E-state index contributed by atoms with van der Waals surface area (Å²) in [6.07, 6.45) is 1.68. The molecule has 0 saturated carbocycles.